The van der Waals surface area contributed by atoms with Gasteiger partial charge in [0.1, 0.15) is 42.3 Å². The number of aliphatic imine (C=N–C) groups is 1. The summed E-state index contributed by atoms with van der Waals surface area (Å²) in [5.41, 5.74) is 17.5. The van der Waals surface area contributed by atoms with Crippen LogP contribution in [0.15, 0.2) is 35.3 Å². The summed E-state index contributed by atoms with van der Waals surface area (Å²) in [7, 11) is 0. The van der Waals surface area contributed by atoms with Crippen LogP contribution >= 0.6 is 0 Å². The van der Waals surface area contributed by atoms with Gasteiger partial charge >= 0.3 is 11.9 Å². The van der Waals surface area contributed by atoms with E-state index in [1.54, 1.807) is 71.9 Å². The molecule has 1 aromatic rings. The monoisotopic (exact) mass is 975 g/mol. The molecule has 1 aliphatic rings. The average molecular weight is 975 g/mol. The van der Waals surface area contributed by atoms with E-state index in [4.69, 9.17) is 17.2 Å². The van der Waals surface area contributed by atoms with E-state index in [-0.39, 0.29) is 50.7 Å². The number of nitrogens with two attached hydrogens (primary N) is 3. The number of nitrogens with zero attached hydrogens (tertiary/aromatic N) is 2. The molecule has 1 aliphatic heterocycles. The molecule has 16 N–H and O–H groups in total. The van der Waals surface area contributed by atoms with E-state index >= 15 is 0 Å². The van der Waals surface area contributed by atoms with Crippen molar-refractivity contribution < 1.29 is 63.3 Å². The van der Waals surface area contributed by atoms with Crippen LogP contribution in [-0.2, 0) is 54.4 Å². The molecule has 1 saturated heterocycles. The Bertz CT molecular complexity index is 2000. The van der Waals surface area contributed by atoms with Gasteiger partial charge in [-0.1, -0.05) is 71.9 Å². The Kier molecular flexibility index (Phi) is 24.0. The molecular formula is C44H70N12O13. The fourth-order valence-corrected chi connectivity index (χ4v) is 7.08. The third kappa shape index (κ3) is 19.3. The fourth-order valence-electron chi connectivity index (χ4n) is 7.08. The van der Waals surface area contributed by atoms with E-state index in [0.29, 0.717) is 12.0 Å². The Morgan fingerprint density at radius 1 is 0.710 bits per heavy atom. The number of rotatable bonds is 28. The van der Waals surface area contributed by atoms with Crippen molar-refractivity contribution in [3.8, 4) is 0 Å². The first-order valence-electron chi connectivity index (χ1n) is 22.7. The van der Waals surface area contributed by atoms with Crippen molar-refractivity contribution in [1.29, 1.82) is 0 Å². The Morgan fingerprint density at radius 3 is 1.81 bits per heavy atom. The molecule has 384 valence electrons. The number of benzene rings is 1. The minimum atomic E-state index is -1.80. The molecule has 8 atom stereocenters. The number of carbonyl (C=O) groups is 10. The van der Waals surface area contributed by atoms with Crippen LogP contribution in [0.5, 0.6) is 0 Å². The van der Waals surface area contributed by atoms with Crippen molar-refractivity contribution in [2.24, 2.45) is 39.9 Å². The van der Waals surface area contributed by atoms with Gasteiger partial charge in [0.2, 0.25) is 47.3 Å². The number of guanidine groups is 1. The predicted molar refractivity (Wildman–Crippen MR) is 249 cm³/mol. The highest BCUT2D eigenvalue weighted by Gasteiger charge is 2.39. The summed E-state index contributed by atoms with van der Waals surface area (Å²) in [4.78, 5) is 136. The van der Waals surface area contributed by atoms with Crippen LogP contribution in [0.1, 0.15) is 79.2 Å². The molecule has 0 spiro atoms. The molecule has 1 heterocycles. The number of hydrogen-bond acceptors (Lipinski definition) is 13. The second-order valence-electron chi connectivity index (χ2n) is 17.7. The number of aliphatic hydroxyl groups is 1. The topological polar surface area (TPSA) is 409 Å². The van der Waals surface area contributed by atoms with E-state index < -0.39 is 139 Å². The van der Waals surface area contributed by atoms with Crippen LogP contribution in [0.4, 0.5) is 0 Å². The lowest BCUT2D eigenvalue weighted by Gasteiger charge is -2.29. The molecule has 0 saturated carbocycles. The van der Waals surface area contributed by atoms with Crippen LogP contribution in [0.2, 0.25) is 0 Å². The summed E-state index contributed by atoms with van der Waals surface area (Å²) >= 11 is 0. The van der Waals surface area contributed by atoms with E-state index in [2.05, 4.69) is 42.2 Å². The Hall–Kier alpha value is -6.89. The lowest BCUT2D eigenvalue weighted by molar-refractivity contribution is -0.142. The zero-order chi connectivity index (χ0) is 52.1. The molecule has 0 aliphatic carbocycles. The molecule has 8 amide bonds. The summed E-state index contributed by atoms with van der Waals surface area (Å²) in [6.07, 6.45) is -0.136. The first kappa shape index (κ1) is 58.2. The molecule has 1 aromatic carbocycles. The molecule has 25 nitrogen and oxygen atoms in total. The van der Waals surface area contributed by atoms with Crippen LogP contribution in [0.25, 0.3) is 0 Å². The molecule has 25 heteroatoms. The number of hydrogen-bond donors (Lipinski definition) is 13. The summed E-state index contributed by atoms with van der Waals surface area (Å²) in [5.74, 6) is -11.5. The molecule has 0 unspecified atom stereocenters. The SMILES string of the molecule is CC(C)[C@H](N)C(=O)N1CCC[C@H]1C(=O)N[C@@H](CO)C(=O)NCC(=O)N[C@@H](CC(=O)O)C(=O)N[C@H](C(=O)N[C@H](C(=O)N[C@@H](CCCN=C(N)N)C(=O)N[C@@H](Cc1ccccc1)C(=O)O)C(C)C)C(C)C. The van der Waals surface area contributed by atoms with E-state index in [9.17, 15) is 63.3 Å². The number of amides is 8. The highest BCUT2D eigenvalue weighted by Crippen LogP contribution is 2.20. The Labute approximate surface area is 400 Å². The number of carboxylic acid groups (broad SMARTS) is 2. The van der Waals surface area contributed by atoms with Gasteiger partial charge in [-0.2, -0.15) is 0 Å². The van der Waals surface area contributed by atoms with Crippen molar-refractivity contribution in [3.05, 3.63) is 35.9 Å². The van der Waals surface area contributed by atoms with E-state index in [1.807, 2.05) is 0 Å². The van der Waals surface area contributed by atoms with Crippen molar-refractivity contribution >= 4 is 65.2 Å². The number of aliphatic hydroxyl groups excluding tert-OH is 1. The van der Waals surface area contributed by atoms with Crippen LogP contribution in [0.3, 0.4) is 0 Å². The maximum absolute atomic E-state index is 13.8. The first-order chi connectivity index (χ1) is 32.4. The lowest BCUT2D eigenvalue weighted by Crippen LogP contribution is -2.61. The highest BCUT2D eigenvalue weighted by molar-refractivity contribution is 5.98. The number of carbonyl (C=O) groups excluding carboxylic acids is 8. The summed E-state index contributed by atoms with van der Waals surface area (Å²) in [6, 6.07) is -2.09. The quantitative estimate of drug-likeness (QED) is 0.0217. The predicted octanol–water partition coefficient (Wildman–Crippen LogP) is -3.85. The Morgan fingerprint density at radius 2 is 1.28 bits per heavy atom. The third-order valence-electron chi connectivity index (χ3n) is 11.1. The summed E-state index contributed by atoms with van der Waals surface area (Å²) < 4.78 is 0. The van der Waals surface area contributed by atoms with Gasteiger partial charge in [0.25, 0.3) is 0 Å². The molecule has 1 fully saturated rings. The summed E-state index contributed by atoms with van der Waals surface area (Å²) in [6.45, 7) is 8.35. The molecule has 2 rings (SSSR count). The van der Waals surface area contributed by atoms with Crippen LogP contribution in [-0.4, -0.2) is 160 Å². The number of carboxylic acids is 2. The zero-order valence-electron chi connectivity index (χ0n) is 39.9. The van der Waals surface area contributed by atoms with Gasteiger partial charge in [0, 0.05) is 19.5 Å². The standard InChI is InChI=1S/C44H70N12O13/c1-22(2)33(45)42(67)56-17-11-15-30(56)39(64)53-29(21-57)36(61)49-20-31(58)50-27(19-32(59)60)38(63)54-35(24(5)6)41(66)55-34(23(3)4)40(65)51-26(14-10-16-48-44(46)47)37(62)52-28(43(68)69)18-25-12-8-7-9-13-25/h7-9,12-13,22-24,26-30,33-35,57H,10-11,14-21,45H2,1-6H3,(H,49,61)(H,50,58)(H,51,65)(H,52,62)(H,53,64)(H,54,63)(H,55,66)(H,59,60)(H,68,69)(H4,46,47,48)/t26-,27-,28-,29-,30-,33-,34-,35-/m0/s1. The van der Waals surface area contributed by atoms with Gasteiger partial charge in [0.15, 0.2) is 5.96 Å². The second-order valence-corrected chi connectivity index (χ2v) is 17.7. The van der Waals surface area contributed by atoms with Gasteiger partial charge in [-0.15, -0.1) is 0 Å². The number of likely N-dealkylation sites (tertiary alicyclic amines) is 1. The van der Waals surface area contributed by atoms with Gasteiger partial charge < -0.3 is 74.6 Å². The molecule has 0 bridgehead atoms. The minimum Gasteiger partial charge on any atom is -0.481 e. The van der Waals surface area contributed by atoms with Gasteiger partial charge in [0.05, 0.1) is 25.6 Å². The maximum atomic E-state index is 13.8. The molecule has 0 radical (unpaired) electrons. The van der Waals surface area contributed by atoms with Crippen molar-refractivity contribution in [2.75, 3.05) is 26.2 Å². The minimum absolute atomic E-state index is 0.0501. The lowest BCUT2D eigenvalue weighted by atomic mass is 9.98. The first-order valence-corrected chi connectivity index (χ1v) is 22.7. The summed E-state index contributed by atoms with van der Waals surface area (Å²) in [5, 5.41) is 46.2. The van der Waals surface area contributed by atoms with E-state index in [0.717, 1.165) is 0 Å². The smallest absolute Gasteiger partial charge is 0.326 e. The van der Waals surface area contributed by atoms with Crippen molar-refractivity contribution in [3.63, 3.8) is 0 Å². The molecule has 0 aromatic heterocycles. The van der Waals surface area contributed by atoms with E-state index in [1.165, 1.54) is 4.90 Å². The maximum Gasteiger partial charge on any atom is 0.326 e. The average Bonchev–Trinajstić information content (AvgIpc) is 3.78. The Balaban J connectivity index is 2.16. The second kappa shape index (κ2) is 28.4. The van der Waals surface area contributed by atoms with Gasteiger partial charge in [-0.25, -0.2) is 4.79 Å². The van der Waals surface area contributed by atoms with Crippen LogP contribution < -0.4 is 54.4 Å². The fraction of sp³-hybridized carbons (Fsp3) is 0.614. The molecule has 69 heavy (non-hydrogen) atoms. The van der Waals surface area contributed by atoms with Gasteiger partial charge in [-0.05, 0) is 49.0 Å². The highest BCUT2D eigenvalue weighted by atomic mass is 16.4. The van der Waals surface area contributed by atoms with Crippen LogP contribution in [0, 0.1) is 17.8 Å². The van der Waals surface area contributed by atoms with Gasteiger partial charge in [-0.3, -0.25) is 48.1 Å². The zero-order valence-corrected chi connectivity index (χ0v) is 39.9. The molecular weight excluding hydrogens is 905 g/mol. The normalized spacial score (nSPS) is 16.4. The largest absolute Gasteiger partial charge is 0.481 e. The van der Waals surface area contributed by atoms with Crippen molar-refractivity contribution in [2.45, 2.75) is 128 Å². The third-order valence-corrected chi connectivity index (χ3v) is 11.1. The number of nitrogens with one attached hydrogen (secondary N) is 7. The number of aliphatic carboxylic acids is 2. The van der Waals surface area contributed by atoms with Crippen molar-refractivity contribution in [1.82, 2.24) is 42.1 Å².